The highest BCUT2D eigenvalue weighted by atomic mass is 19.1. The molecule has 0 radical (unpaired) electrons. The van der Waals surface area contributed by atoms with E-state index in [-0.39, 0.29) is 18.4 Å². The van der Waals surface area contributed by atoms with Crippen LogP contribution in [0.2, 0.25) is 0 Å². The molecule has 1 unspecified atom stereocenters. The minimum Gasteiger partial charge on any atom is -0.371 e. The molecular weight excluding hydrogens is 314 g/mol. The Hall–Kier alpha value is -1.98. The lowest BCUT2D eigenvalue weighted by molar-refractivity contribution is -0.134. The number of carbonyl (C=O) groups excluding carboxylic acids is 2. The van der Waals surface area contributed by atoms with Crippen molar-refractivity contribution in [2.75, 3.05) is 18.0 Å². The molecule has 4 nitrogen and oxygen atoms in total. The van der Waals surface area contributed by atoms with E-state index in [1.807, 2.05) is 4.90 Å². The van der Waals surface area contributed by atoms with Crippen molar-refractivity contribution in [2.45, 2.75) is 44.9 Å². The van der Waals surface area contributed by atoms with E-state index in [0.717, 1.165) is 32.4 Å². The molecule has 3 rings (SSSR count). The van der Waals surface area contributed by atoms with Crippen molar-refractivity contribution in [1.82, 2.24) is 5.32 Å². The number of hydrogen-bond acceptors (Lipinski definition) is 3. The molecular formula is C18H22F2N2O2. The lowest BCUT2D eigenvalue weighted by Gasteiger charge is -2.33. The number of halogens is 2. The molecule has 0 aliphatic carbocycles. The molecule has 1 aromatic carbocycles. The van der Waals surface area contributed by atoms with E-state index in [1.165, 1.54) is 12.1 Å². The molecule has 2 aliphatic heterocycles. The Bertz CT molecular complexity index is 631. The summed E-state index contributed by atoms with van der Waals surface area (Å²) >= 11 is 0. The Balaban J connectivity index is 1.82. The molecule has 2 aliphatic rings. The van der Waals surface area contributed by atoms with Gasteiger partial charge in [0, 0.05) is 30.8 Å². The van der Waals surface area contributed by atoms with Gasteiger partial charge < -0.3 is 4.90 Å². The minimum atomic E-state index is -0.942. The van der Waals surface area contributed by atoms with Crippen LogP contribution in [0.1, 0.15) is 50.5 Å². The smallest absolute Gasteiger partial charge is 0.234 e. The number of amides is 2. The van der Waals surface area contributed by atoms with E-state index in [4.69, 9.17) is 0 Å². The van der Waals surface area contributed by atoms with Crippen LogP contribution in [0.4, 0.5) is 14.5 Å². The van der Waals surface area contributed by atoms with Crippen molar-refractivity contribution < 1.29 is 18.4 Å². The summed E-state index contributed by atoms with van der Waals surface area (Å²) in [7, 11) is 0. The summed E-state index contributed by atoms with van der Waals surface area (Å²) in [5, 5.41) is 2.15. The Labute approximate surface area is 140 Å². The molecule has 2 amide bonds. The molecule has 2 heterocycles. The molecule has 1 aromatic rings. The van der Waals surface area contributed by atoms with E-state index in [9.17, 15) is 18.4 Å². The number of imide groups is 1. The largest absolute Gasteiger partial charge is 0.371 e. The predicted octanol–water partition coefficient (Wildman–Crippen LogP) is 3.11. The first kappa shape index (κ1) is 16.9. The van der Waals surface area contributed by atoms with Crippen LogP contribution >= 0.6 is 0 Å². The number of hydrogen-bond donors (Lipinski definition) is 1. The minimum absolute atomic E-state index is 0.0988. The van der Waals surface area contributed by atoms with Crippen LogP contribution in [-0.2, 0) is 9.59 Å². The first-order chi connectivity index (χ1) is 11.5. The highest BCUT2D eigenvalue weighted by Crippen LogP contribution is 2.33. The van der Waals surface area contributed by atoms with E-state index < -0.39 is 29.4 Å². The highest BCUT2D eigenvalue weighted by Gasteiger charge is 2.33. The molecule has 6 heteroatoms. The van der Waals surface area contributed by atoms with Crippen LogP contribution < -0.4 is 10.2 Å². The lowest BCUT2D eigenvalue weighted by Crippen LogP contribution is -2.40. The second-order valence-corrected chi connectivity index (χ2v) is 6.67. The van der Waals surface area contributed by atoms with Crippen LogP contribution in [0.5, 0.6) is 0 Å². The fourth-order valence-electron chi connectivity index (χ4n) is 3.65. The Morgan fingerprint density at radius 1 is 1.12 bits per heavy atom. The SMILES string of the molecule is CCC1CCN(c2cc(F)c(C3CCC(=O)NC3=O)c(F)c2)CC1. The van der Waals surface area contributed by atoms with Crippen molar-refractivity contribution in [3.63, 3.8) is 0 Å². The standard InChI is InChI=1S/C18H22F2N2O2/c1-2-11-5-7-22(8-6-11)12-9-14(19)17(15(20)10-12)13-3-4-16(23)21-18(13)24/h9-11,13H,2-8H2,1H3,(H,21,23,24). The van der Waals surface area contributed by atoms with E-state index in [1.54, 1.807) is 0 Å². The quantitative estimate of drug-likeness (QED) is 0.863. The normalized spacial score (nSPS) is 22.6. The van der Waals surface area contributed by atoms with Gasteiger partial charge in [0.15, 0.2) is 0 Å². The van der Waals surface area contributed by atoms with Crippen LogP contribution in [-0.4, -0.2) is 24.9 Å². The molecule has 1 N–H and O–H groups in total. The van der Waals surface area contributed by atoms with Gasteiger partial charge in [-0.2, -0.15) is 0 Å². The summed E-state index contributed by atoms with van der Waals surface area (Å²) in [4.78, 5) is 25.1. The van der Waals surface area contributed by atoms with E-state index in [0.29, 0.717) is 11.6 Å². The van der Waals surface area contributed by atoms with Crippen molar-refractivity contribution in [1.29, 1.82) is 0 Å². The maximum Gasteiger partial charge on any atom is 0.234 e. The summed E-state index contributed by atoms with van der Waals surface area (Å²) in [6, 6.07) is 2.63. The van der Waals surface area contributed by atoms with Gasteiger partial charge in [-0.25, -0.2) is 8.78 Å². The van der Waals surface area contributed by atoms with Gasteiger partial charge in [-0.15, -0.1) is 0 Å². The van der Waals surface area contributed by atoms with Crippen LogP contribution in [0.3, 0.4) is 0 Å². The summed E-state index contributed by atoms with van der Waals surface area (Å²) in [5.41, 5.74) is 0.294. The number of piperidine rings is 2. The Morgan fingerprint density at radius 2 is 1.75 bits per heavy atom. The summed E-state index contributed by atoms with van der Waals surface area (Å²) < 4.78 is 29.1. The Morgan fingerprint density at radius 3 is 2.29 bits per heavy atom. The third kappa shape index (κ3) is 3.28. The lowest BCUT2D eigenvalue weighted by atomic mass is 9.89. The molecule has 2 fully saturated rings. The van der Waals surface area contributed by atoms with Crippen molar-refractivity contribution >= 4 is 17.5 Å². The van der Waals surface area contributed by atoms with Gasteiger partial charge in [0.1, 0.15) is 11.6 Å². The Kier molecular flexibility index (Phi) is 4.83. The number of nitrogens with zero attached hydrogens (tertiary/aromatic N) is 1. The average molecular weight is 336 g/mol. The van der Waals surface area contributed by atoms with Crippen molar-refractivity contribution in [2.24, 2.45) is 5.92 Å². The molecule has 130 valence electrons. The van der Waals surface area contributed by atoms with E-state index >= 15 is 0 Å². The van der Waals surface area contributed by atoms with Crippen LogP contribution in [0, 0.1) is 17.6 Å². The number of carbonyl (C=O) groups is 2. The molecule has 0 saturated carbocycles. The number of nitrogens with one attached hydrogen (secondary N) is 1. The van der Waals surface area contributed by atoms with Gasteiger partial charge in [0.2, 0.25) is 11.8 Å². The third-order valence-electron chi connectivity index (χ3n) is 5.21. The summed E-state index contributed by atoms with van der Waals surface area (Å²) in [6.45, 7) is 3.73. The van der Waals surface area contributed by atoms with Gasteiger partial charge in [0.05, 0.1) is 5.92 Å². The van der Waals surface area contributed by atoms with E-state index in [2.05, 4.69) is 12.2 Å². The van der Waals surface area contributed by atoms with Gasteiger partial charge in [-0.1, -0.05) is 13.3 Å². The second-order valence-electron chi connectivity index (χ2n) is 6.67. The maximum atomic E-state index is 14.5. The van der Waals surface area contributed by atoms with Gasteiger partial charge in [-0.05, 0) is 37.3 Å². The van der Waals surface area contributed by atoms with Crippen molar-refractivity contribution in [3.8, 4) is 0 Å². The van der Waals surface area contributed by atoms with Gasteiger partial charge >= 0.3 is 0 Å². The molecule has 2 saturated heterocycles. The zero-order valence-electron chi connectivity index (χ0n) is 13.8. The van der Waals surface area contributed by atoms with Crippen molar-refractivity contribution in [3.05, 3.63) is 29.3 Å². The molecule has 1 atom stereocenters. The third-order valence-corrected chi connectivity index (χ3v) is 5.21. The molecule has 24 heavy (non-hydrogen) atoms. The first-order valence-corrected chi connectivity index (χ1v) is 8.57. The molecule has 0 spiro atoms. The maximum absolute atomic E-state index is 14.5. The zero-order valence-corrected chi connectivity index (χ0v) is 13.8. The number of benzene rings is 1. The molecule has 0 aromatic heterocycles. The monoisotopic (exact) mass is 336 g/mol. The fraction of sp³-hybridized carbons (Fsp3) is 0.556. The predicted molar refractivity (Wildman–Crippen MR) is 86.7 cm³/mol. The number of anilines is 1. The highest BCUT2D eigenvalue weighted by molar-refractivity contribution is 6.01. The topological polar surface area (TPSA) is 49.4 Å². The zero-order chi connectivity index (χ0) is 17.3. The van der Waals surface area contributed by atoms with Gasteiger partial charge in [0.25, 0.3) is 0 Å². The number of rotatable bonds is 3. The van der Waals surface area contributed by atoms with Gasteiger partial charge in [-0.3, -0.25) is 14.9 Å². The first-order valence-electron chi connectivity index (χ1n) is 8.57. The molecule has 0 bridgehead atoms. The second kappa shape index (κ2) is 6.87. The fourth-order valence-corrected chi connectivity index (χ4v) is 3.65. The summed E-state index contributed by atoms with van der Waals surface area (Å²) in [5.74, 6) is -2.71. The van der Waals surface area contributed by atoms with Crippen LogP contribution in [0.25, 0.3) is 0 Å². The summed E-state index contributed by atoms with van der Waals surface area (Å²) in [6.07, 6.45) is 3.41. The average Bonchev–Trinajstić information content (AvgIpc) is 2.56. The van der Waals surface area contributed by atoms with Crippen LogP contribution in [0.15, 0.2) is 12.1 Å².